The quantitative estimate of drug-likeness (QED) is 0.148. The van der Waals surface area contributed by atoms with Crippen molar-refractivity contribution < 1.29 is 44.7 Å². The average molecular weight is 520 g/mol. The molecule has 0 aliphatic carbocycles. The number of carbonyl (C=O) groups is 4. The van der Waals surface area contributed by atoms with E-state index in [1.807, 2.05) is 13.8 Å². The summed E-state index contributed by atoms with van der Waals surface area (Å²) in [5.74, 6) is -3.45. The van der Waals surface area contributed by atoms with Crippen LogP contribution in [0.1, 0.15) is 26.7 Å². The lowest BCUT2D eigenvalue weighted by molar-refractivity contribution is -0.145. The molecule has 6 N–H and O–H groups in total. The monoisotopic (exact) mass is 519 g/mol. The standard InChI is InChI=1S/C22H41N5O9/c1-16(2)23-18(28)4-3-17(22(35)36)27-11-9-25(14-20(31)32)7-5-24(13-19(29)30)6-8-26(10-12-27)15-21(33)34/h16-17,20,31-32H,3-15H2,1-2H3,(H,23,28)(H,29,30)(H,33,34)(H,35,36). The van der Waals surface area contributed by atoms with E-state index in [9.17, 15) is 44.7 Å². The van der Waals surface area contributed by atoms with E-state index in [2.05, 4.69) is 5.32 Å². The van der Waals surface area contributed by atoms with E-state index >= 15 is 0 Å². The number of nitrogens with zero attached hydrogens (tertiary/aromatic N) is 4. The molecule has 1 unspecified atom stereocenters. The number of carboxylic acids is 3. The molecule has 14 nitrogen and oxygen atoms in total. The summed E-state index contributed by atoms with van der Waals surface area (Å²) in [4.78, 5) is 53.6. The molecule has 36 heavy (non-hydrogen) atoms. The Labute approximate surface area is 211 Å². The van der Waals surface area contributed by atoms with Gasteiger partial charge in [-0.25, -0.2) is 0 Å². The van der Waals surface area contributed by atoms with Crippen molar-refractivity contribution >= 4 is 23.8 Å². The van der Waals surface area contributed by atoms with Crippen LogP contribution in [0.5, 0.6) is 0 Å². The number of rotatable bonds is 12. The van der Waals surface area contributed by atoms with Crippen LogP contribution in [0.2, 0.25) is 0 Å². The van der Waals surface area contributed by atoms with Crippen molar-refractivity contribution in [2.45, 2.75) is 45.1 Å². The van der Waals surface area contributed by atoms with Gasteiger partial charge in [-0.2, -0.15) is 0 Å². The first-order chi connectivity index (χ1) is 16.9. The Morgan fingerprint density at radius 3 is 1.61 bits per heavy atom. The summed E-state index contributed by atoms with van der Waals surface area (Å²) in [6, 6.07) is -1.08. The zero-order chi connectivity index (χ0) is 27.3. The van der Waals surface area contributed by atoms with Crippen LogP contribution in [0.3, 0.4) is 0 Å². The van der Waals surface area contributed by atoms with E-state index in [1.165, 1.54) is 0 Å². The molecule has 208 valence electrons. The maximum absolute atomic E-state index is 12.1. The third kappa shape index (κ3) is 13.7. The van der Waals surface area contributed by atoms with Gasteiger partial charge < -0.3 is 30.8 Å². The lowest BCUT2D eigenvalue weighted by Gasteiger charge is -2.35. The molecular weight excluding hydrogens is 478 g/mol. The molecule has 0 spiro atoms. The fourth-order valence-corrected chi connectivity index (χ4v) is 4.10. The number of nitrogens with one attached hydrogen (secondary N) is 1. The second-order valence-corrected chi connectivity index (χ2v) is 9.27. The summed E-state index contributed by atoms with van der Waals surface area (Å²) in [7, 11) is 0. The Kier molecular flexibility index (Phi) is 14.4. The van der Waals surface area contributed by atoms with Crippen LogP contribution in [0.4, 0.5) is 0 Å². The summed E-state index contributed by atoms with van der Waals surface area (Å²) in [5, 5.41) is 50.2. The van der Waals surface area contributed by atoms with E-state index in [0.29, 0.717) is 6.54 Å². The maximum atomic E-state index is 12.1. The van der Waals surface area contributed by atoms with Gasteiger partial charge in [0, 0.05) is 71.4 Å². The van der Waals surface area contributed by atoms with Crippen molar-refractivity contribution in [2.24, 2.45) is 0 Å². The highest BCUT2D eigenvalue weighted by Gasteiger charge is 2.28. The molecule has 1 fully saturated rings. The van der Waals surface area contributed by atoms with Crippen LogP contribution >= 0.6 is 0 Å². The zero-order valence-corrected chi connectivity index (χ0v) is 21.1. The number of amides is 1. The molecule has 0 aromatic rings. The van der Waals surface area contributed by atoms with Gasteiger partial charge in [-0.05, 0) is 20.3 Å². The van der Waals surface area contributed by atoms with Gasteiger partial charge in [0.15, 0.2) is 6.29 Å². The number of aliphatic hydroxyl groups excluding tert-OH is 1. The predicted molar refractivity (Wildman–Crippen MR) is 128 cm³/mol. The molecule has 1 heterocycles. The predicted octanol–water partition coefficient (Wildman–Crippen LogP) is -2.55. The Morgan fingerprint density at radius 2 is 1.19 bits per heavy atom. The fourth-order valence-electron chi connectivity index (χ4n) is 4.10. The van der Waals surface area contributed by atoms with Gasteiger partial charge in [-0.3, -0.25) is 38.8 Å². The molecule has 0 radical (unpaired) electrons. The number of β-amino-alcohol motifs (C(OH)–C–C–N with tert-alkyl or cyclic N) is 2. The largest absolute Gasteiger partial charge is 0.480 e. The number of hydrogen-bond donors (Lipinski definition) is 6. The Hall–Kier alpha value is -2.36. The Morgan fingerprint density at radius 1 is 0.750 bits per heavy atom. The first-order valence-corrected chi connectivity index (χ1v) is 12.1. The molecule has 1 saturated heterocycles. The first-order valence-electron chi connectivity index (χ1n) is 12.1. The highest BCUT2D eigenvalue weighted by Crippen LogP contribution is 2.11. The fraction of sp³-hybridized carbons (Fsp3) is 0.818. The molecule has 0 aromatic carbocycles. The maximum Gasteiger partial charge on any atom is 0.320 e. The highest BCUT2D eigenvalue weighted by atomic mass is 16.5. The number of aliphatic hydroxyl groups is 2. The smallest absolute Gasteiger partial charge is 0.320 e. The Bertz CT molecular complexity index is 722. The summed E-state index contributed by atoms with van der Waals surface area (Å²) in [6.07, 6.45) is -1.56. The van der Waals surface area contributed by atoms with Gasteiger partial charge in [-0.1, -0.05) is 0 Å². The van der Waals surface area contributed by atoms with Gasteiger partial charge in [0.1, 0.15) is 6.04 Å². The van der Waals surface area contributed by atoms with Crippen molar-refractivity contribution in [3.8, 4) is 0 Å². The third-order valence-electron chi connectivity index (χ3n) is 5.83. The molecule has 1 rings (SSSR count). The normalized spacial score (nSPS) is 18.9. The van der Waals surface area contributed by atoms with Gasteiger partial charge >= 0.3 is 17.9 Å². The molecule has 0 aromatic heterocycles. The highest BCUT2D eigenvalue weighted by molar-refractivity contribution is 5.78. The number of carboxylic acid groups (broad SMARTS) is 3. The van der Waals surface area contributed by atoms with Gasteiger partial charge in [0.2, 0.25) is 5.91 Å². The van der Waals surface area contributed by atoms with E-state index in [4.69, 9.17) is 0 Å². The van der Waals surface area contributed by atoms with Gasteiger partial charge in [0.05, 0.1) is 13.1 Å². The van der Waals surface area contributed by atoms with E-state index in [1.54, 1.807) is 19.6 Å². The van der Waals surface area contributed by atoms with Gasteiger partial charge in [0.25, 0.3) is 0 Å². The molecule has 1 amide bonds. The van der Waals surface area contributed by atoms with Crippen LogP contribution in [-0.4, -0.2) is 159 Å². The lowest BCUT2D eigenvalue weighted by atomic mass is 10.1. The van der Waals surface area contributed by atoms with E-state index in [0.717, 1.165) is 0 Å². The molecule has 14 heteroatoms. The van der Waals surface area contributed by atoms with Crippen molar-refractivity contribution in [1.29, 1.82) is 0 Å². The zero-order valence-electron chi connectivity index (χ0n) is 21.1. The van der Waals surface area contributed by atoms with E-state index in [-0.39, 0.29) is 90.2 Å². The topological polar surface area (TPSA) is 194 Å². The van der Waals surface area contributed by atoms with Crippen LogP contribution in [0.25, 0.3) is 0 Å². The summed E-state index contributed by atoms with van der Waals surface area (Å²) >= 11 is 0. The first kappa shape index (κ1) is 31.7. The average Bonchev–Trinajstić information content (AvgIpc) is 2.73. The minimum atomic E-state index is -1.62. The molecule has 0 saturated carbocycles. The van der Waals surface area contributed by atoms with Crippen molar-refractivity contribution in [1.82, 2.24) is 24.9 Å². The summed E-state index contributed by atoms with van der Waals surface area (Å²) < 4.78 is 0. The van der Waals surface area contributed by atoms with Crippen molar-refractivity contribution in [3.05, 3.63) is 0 Å². The van der Waals surface area contributed by atoms with E-state index < -0.39 is 30.2 Å². The molecule has 1 atom stereocenters. The van der Waals surface area contributed by atoms with Crippen molar-refractivity contribution in [3.63, 3.8) is 0 Å². The van der Waals surface area contributed by atoms with Crippen molar-refractivity contribution in [2.75, 3.05) is 72.0 Å². The van der Waals surface area contributed by atoms with Crippen LogP contribution in [-0.2, 0) is 19.2 Å². The molecule has 0 bridgehead atoms. The van der Waals surface area contributed by atoms with Gasteiger partial charge in [-0.15, -0.1) is 0 Å². The summed E-state index contributed by atoms with van der Waals surface area (Å²) in [6.45, 7) is 4.99. The molecule has 1 aliphatic rings. The minimum absolute atomic E-state index is 0.00764. The molecular formula is C22H41N5O9. The minimum Gasteiger partial charge on any atom is -0.480 e. The second kappa shape index (κ2) is 16.4. The number of carbonyl (C=O) groups excluding carboxylic acids is 1. The van der Waals surface area contributed by atoms with Crippen LogP contribution in [0.15, 0.2) is 0 Å². The lowest BCUT2D eigenvalue weighted by Crippen LogP contribution is -2.52. The third-order valence-corrected chi connectivity index (χ3v) is 5.83. The Balaban J connectivity index is 3.09. The molecule has 1 aliphatic heterocycles. The number of hydrogen-bond acceptors (Lipinski definition) is 10. The van der Waals surface area contributed by atoms with Crippen LogP contribution < -0.4 is 5.32 Å². The van der Waals surface area contributed by atoms with Crippen LogP contribution in [0, 0.1) is 0 Å². The summed E-state index contributed by atoms with van der Waals surface area (Å²) in [5.41, 5.74) is 0. The number of aliphatic carboxylic acids is 3. The SMILES string of the molecule is CC(C)NC(=O)CCC(C(=O)O)N1CCN(CC(=O)O)CCN(CC(=O)O)CCN(CC(O)O)CC1. The second-order valence-electron chi connectivity index (χ2n) is 9.27.